The van der Waals surface area contributed by atoms with Gasteiger partial charge in [-0.05, 0) is 32.1 Å². The summed E-state index contributed by atoms with van der Waals surface area (Å²) < 4.78 is 21.5. The highest BCUT2D eigenvalue weighted by Gasteiger charge is 2.24. The van der Waals surface area contributed by atoms with E-state index in [-0.39, 0.29) is 12.1 Å². The van der Waals surface area contributed by atoms with Crippen molar-refractivity contribution in [1.29, 1.82) is 0 Å². The number of rotatable bonds is 20. The van der Waals surface area contributed by atoms with Gasteiger partial charge in [-0.2, -0.15) is 0 Å². The molecule has 0 aromatic rings. The van der Waals surface area contributed by atoms with Crippen LogP contribution in [0.5, 0.6) is 0 Å². The quantitative estimate of drug-likeness (QED) is 0.117. The Kier molecular flexibility index (Phi) is 13.3. The number of esters is 1. The molecule has 5 nitrogen and oxygen atoms in total. The van der Waals surface area contributed by atoms with E-state index < -0.39 is 0 Å². The summed E-state index contributed by atoms with van der Waals surface area (Å²) in [6.45, 7) is 5.05. The van der Waals surface area contributed by atoms with Gasteiger partial charge in [-0.25, -0.2) is 0 Å². The first-order valence-electron chi connectivity index (χ1n) is 11.9. The van der Waals surface area contributed by atoms with Gasteiger partial charge in [0.2, 0.25) is 0 Å². The van der Waals surface area contributed by atoms with Crippen LogP contribution in [0.25, 0.3) is 0 Å². The lowest BCUT2D eigenvalue weighted by atomic mass is 10.1. The second-order valence-electron chi connectivity index (χ2n) is 8.41. The molecule has 2 fully saturated rings. The molecule has 0 aromatic heterocycles. The highest BCUT2D eigenvalue weighted by atomic mass is 16.6. The maximum Gasteiger partial charge on any atom is 0.305 e. The highest BCUT2D eigenvalue weighted by molar-refractivity contribution is 5.69. The van der Waals surface area contributed by atoms with Gasteiger partial charge in [-0.3, -0.25) is 4.79 Å². The molecule has 2 rings (SSSR count). The second kappa shape index (κ2) is 15.9. The molecule has 0 aliphatic carbocycles. The van der Waals surface area contributed by atoms with Crippen molar-refractivity contribution in [3.8, 4) is 0 Å². The Labute approximate surface area is 177 Å². The molecule has 0 radical (unpaired) electrons. The first kappa shape index (κ1) is 24.4. The summed E-state index contributed by atoms with van der Waals surface area (Å²) in [5.74, 6) is -0.0804. The molecule has 0 amide bonds. The Hall–Kier alpha value is -0.910. The monoisotopic (exact) mass is 410 g/mol. The van der Waals surface area contributed by atoms with Crippen molar-refractivity contribution in [2.75, 3.05) is 26.4 Å². The lowest BCUT2D eigenvalue weighted by molar-refractivity contribution is -0.144. The number of allylic oxidation sites excluding steroid dienone is 1. The molecule has 0 spiro atoms. The van der Waals surface area contributed by atoms with Crippen molar-refractivity contribution in [3.05, 3.63) is 12.2 Å². The third-order valence-corrected chi connectivity index (χ3v) is 5.45. The van der Waals surface area contributed by atoms with Crippen LogP contribution in [0, 0.1) is 0 Å². The van der Waals surface area contributed by atoms with E-state index in [0.29, 0.717) is 25.2 Å². The molecule has 3 unspecified atom stereocenters. The largest absolute Gasteiger partial charge is 0.463 e. The average molecular weight is 411 g/mol. The Morgan fingerprint density at radius 1 is 0.931 bits per heavy atom. The minimum Gasteiger partial charge on any atom is -0.463 e. The molecule has 2 aliphatic rings. The summed E-state index contributed by atoms with van der Waals surface area (Å²) in [4.78, 5) is 11.5. The van der Waals surface area contributed by atoms with Gasteiger partial charge in [0.25, 0.3) is 0 Å². The van der Waals surface area contributed by atoms with Crippen molar-refractivity contribution >= 4 is 5.97 Å². The zero-order valence-electron chi connectivity index (χ0n) is 18.4. The van der Waals surface area contributed by atoms with Crippen LogP contribution < -0.4 is 0 Å². The van der Waals surface area contributed by atoms with Crippen LogP contribution in [-0.4, -0.2) is 50.7 Å². The van der Waals surface area contributed by atoms with Crippen molar-refractivity contribution in [1.82, 2.24) is 0 Å². The summed E-state index contributed by atoms with van der Waals surface area (Å²) in [5, 5.41) is 0. The van der Waals surface area contributed by atoms with Gasteiger partial charge < -0.3 is 18.9 Å². The summed E-state index contributed by atoms with van der Waals surface area (Å²) in [6.07, 6.45) is 20.2. The van der Waals surface area contributed by atoms with Gasteiger partial charge in [0.15, 0.2) is 0 Å². The zero-order valence-corrected chi connectivity index (χ0v) is 18.4. The molecule has 0 saturated carbocycles. The van der Waals surface area contributed by atoms with Crippen molar-refractivity contribution in [3.63, 3.8) is 0 Å². The molecule has 2 heterocycles. The van der Waals surface area contributed by atoms with E-state index in [0.717, 1.165) is 51.9 Å². The number of hydrogen-bond acceptors (Lipinski definition) is 5. The predicted molar refractivity (Wildman–Crippen MR) is 115 cm³/mol. The summed E-state index contributed by atoms with van der Waals surface area (Å²) in [6, 6.07) is 0. The van der Waals surface area contributed by atoms with Crippen LogP contribution in [0.1, 0.15) is 90.4 Å². The number of hydrogen-bond donors (Lipinski definition) is 0. The van der Waals surface area contributed by atoms with E-state index in [1.165, 1.54) is 44.9 Å². The molecular weight excluding hydrogens is 368 g/mol. The van der Waals surface area contributed by atoms with Crippen LogP contribution in [0.4, 0.5) is 0 Å². The maximum atomic E-state index is 11.5. The van der Waals surface area contributed by atoms with Crippen molar-refractivity contribution < 1.29 is 23.7 Å². The van der Waals surface area contributed by atoms with Crippen LogP contribution >= 0.6 is 0 Å². The first-order valence-corrected chi connectivity index (χ1v) is 11.9. The number of unbranched alkanes of at least 4 members (excludes halogenated alkanes) is 8. The third-order valence-electron chi connectivity index (χ3n) is 5.45. The van der Waals surface area contributed by atoms with Crippen molar-refractivity contribution in [2.45, 2.75) is 109 Å². The van der Waals surface area contributed by atoms with Crippen LogP contribution in [0.3, 0.4) is 0 Å². The minimum absolute atomic E-state index is 0.0804. The fraction of sp³-hybridized carbons (Fsp3) is 0.875. The minimum atomic E-state index is -0.0804. The Bertz CT molecular complexity index is 443. The molecule has 168 valence electrons. The van der Waals surface area contributed by atoms with Gasteiger partial charge in [0, 0.05) is 6.42 Å². The predicted octanol–water partition coefficient (Wildman–Crippen LogP) is 5.36. The van der Waals surface area contributed by atoms with Gasteiger partial charge in [0.05, 0.1) is 25.9 Å². The molecule has 0 aromatic carbocycles. The molecule has 0 N–H and O–H groups in total. The van der Waals surface area contributed by atoms with E-state index in [2.05, 4.69) is 19.1 Å². The van der Waals surface area contributed by atoms with Gasteiger partial charge in [0.1, 0.15) is 18.8 Å². The number of carbonyl (C=O) groups is 1. The second-order valence-corrected chi connectivity index (χ2v) is 8.41. The normalized spacial score (nSPS) is 21.4. The van der Waals surface area contributed by atoms with Crippen LogP contribution in [0.2, 0.25) is 0 Å². The van der Waals surface area contributed by atoms with E-state index in [9.17, 15) is 4.79 Å². The van der Waals surface area contributed by atoms with Crippen molar-refractivity contribution in [2.24, 2.45) is 0 Å². The molecule has 5 heteroatoms. The lowest BCUT2D eigenvalue weighted by Gasteiger charge is -2.15. The Balaban J connectivity index is 1.40. The van der Waals surface area contributed by atoms with E-state index in [1.807, 2.05) is 0 Å². The summed E-state index contributed by atoms with van der Waals surface area (Å²) in [5.41, 5.74) is 0. The number of carbonyl (C=O) groups excluding carboxylic acids is 1. The number of ether oxygens (including phenoxy) is 4. The van der Waals surface area contributed by atoms with E-state index in [4.69, 9.17) is 18.9 Å². The average Bonchev–Trinajstić information content (AvgIpc) is 3.63. The molecular formula is C24H42O5. The third kappa shape index (κ3) is 14.7. The fourth-order valence-corrected chi connectivity index (χ4v) is 3.33. The molecule has 2 aliphatic heterocycles. The first-order chi connectivity index (χ1) is 14.3. The SMILES string of the molecule is CCCCCCC(CC=CCCCCCCCC(=O)OCC1CO1)OCC1CO1. The Morgan fingerprint density at radius 2 is 1.62 bits per heavy atom. The molecule has 3 atom stereocenters. The summed E-state index contributed by atoms with van der Waals surface area (Å²) >= 11 is 0. The van der Waals surface area contributed by atoms with Gasteiger partial charge in [-0.1, -0.05) is 64.0 Å². The highest BCUT2D eigenvalue weighted by Crippen LogP contribution is 2.17. The molecule has 2 saturated heterocycles. The molecule has 29 heavy (non-hydrogen) atoms. The summed E-state index contributed by atoms with van der Waals surface area (Å²) in [7, 11) is 0. The van der Waals surface area contributed by atoms with Crippen LogP contribution in [0.15, 0.2) is 12.2 Å². The topological polar surface area (TPSA) is 60.6 Å². The van der Waals surface area contributed by atoms with Gasteiger partial charge >= 0.3 is 5.97 Å². The standard InChI is InChI=1S/C24H42O5/c1-2-3-4-11-14-21(26-17-22-18-27-22)15-12-9-7-5-6-8-10-13-16-24(25)29-20-23-19-28-23/h9,12,21-23H,2-8,10-11,13-20H2,1H3. The smallest absolute Gasteiger partial charge is 0.305 e. The van der Waals surface area contributed by atoms with E-state index in [1.54, 1.807) is 0 Å². The van der Waals surface area contributed by atoms with E-state index >= 15 is 0 Å². The maximum absolute atomic E-state index is 11.5. The lowest BCUT2D eigenvalue weighted by Crippen LogP contribution is -2.15. The fourth-order valence-electron chi connectivity index (χ4n) is 3.33. The number of epoxide rings is 2. The van der Waals surface area contributed by atoms with Gasteiger partial charge in [-0.15, -0.1) is 0 Å². The zero-order chi connectivity index (χ0) is 20.6. The Morgan fingerprint density at radius 3 is 2.38 bits per heavy atom. The van der Waals surface area contributed by atoms with Crippen LogP contribution in [-0.2, 0) is 23.7 Å². The molecule has 0 bridgehead atoms.